The number of carbonyl (C=O) groups is 1. The molecule has 0 unspecified atom stereocenters. The normalized spacial score (nSPS) is 24.8. The lowest BCUT2D eigenvalue weighted by molar-refractivity contribution is -0.115. The van der Waals surface area contributed by atoms with Gasteiger partial charge in [-0.05, 0) is 18.6 Å². The van der Waals surface area contributed by atoms with Crippen molar-refractivity contribution in [3.63, 3.8) is 0 Å². The van der Waals surface area contributed by atoms with Crippen molar-refractivity contribution in [2.24, 2.45) is 0 Å². The molecule has 0 amide bonds. The van der Waals surface area contributed by atoms with Crippen molar-refractivity contribution in [2.75, 3.05) is 6.54 Å². The van der Waals surface area contributed by atoms with Gasteiger partial charge in [0.1, 0.15) is 0 Å². The van der Waals surface area contributed by atoms with Crippen LogP contribution in [0.2, 0.25) is 0 Å². The molecule has 1 heterocycles. The van der Waals surface area contributed by atoms with Crippen LogP contribution in [0.15, 0.2) is 35.1 Å². The van der Waals surface area contributed by atoms with Gasteiger partial charge in [-0.25, -0.2) is 0 Å². The van der Waals surface area contributed by atoms with Gasteiger partial charge in [0.2, 0.25) is 0 Å². The number of nitrogens with one attached hydrogen (secondary N) is 1. The van der Waals surface area contributed by atoms with E-state index in [-0.39, 0.29) is 5.78 Å². The summed E-state index contributed by atoms with van der Waals surface area (Å²) in [5, 5.41) is 3.21. The third-order valence-electron chi connectivity index (χ3n) is 2.24. The predicted octanol–water partition coefficient (Wildman–Crippen LogP) is 1.32. The minimum Gasteiger partial charge on any atom is -0.384 e. The van der Waals surface area contributed by atoms with Crippen LogP contribution in [-0.2, 0) is 4.79 Å². The Hall–Kier alpha value is -1.31. The number of hydrogen-bond donors (Lipinski definition) is 1. The molecule has 0 saturated heterocycles. The zero-order chi connectivity index (χ0) is 8.55. The Morgan fingerprint density at radius 3 is 3.08 bits per heavy atom. The molecule has 0 saturated carbocycles. The van der Waals surface area contributed by atoms with E-state index in [1.807, 2.05) is 25.2 Å². The van der Waals surface area contributed by atoms with E-state index in [9.17, 15) is 4.79 Å². The number of rotatable bonds is 0. The summed E-state index contributed by atoms with van der Waals surface area (Å²) in [4.78, 5) is 11.5. The fraction of sp³-hybridized carbons (Fsp3) is 0.300. The fourth-order valence-corrected chi connectivity index (χ4v) is 1.63. The van der Waals surface area contributed by atoms with Crippen molar-refractivity contribution in [3.05, 3.63) is 35.1 Å². The number of hydrogen-bond acceptors (Lipinski definition) is 2. The van der Waals surface area contributed by atoms with E-state index in [4.69, 9.17) is 0 Å². The molecule has 1 N–H and O–H groups in total. The second-order valence-electron chi connectivity index (χ2n) is 2.97. The van der Waals surface area contributed by atoms with Gasteiger partial charge in [0.15, 0.2) is 5.78 Å². The van der Waals surface area contributed by atoms with Crippen LogP contribution in [-0.4, -0.2) is 12.3 Å². The summed E-state index contributed by atoms with van der Waals surface area (Å²) >= 11 is 0. The molecule has 2 rings (SSSR count). The molecule has 0 atom stereocenters. The monoisotopic (exact) mass is 161 g/mol. The zero-order valence-corrected chi connectivity index (χ0v) is 7.05. The van der Waals surface area contributed by atoms with Crippen LogP contribution in [0.5, 0.6) is 0 Å². The second-order valence-corrected chi connectivity index (χ2v) is 2.97. The SMILES string of the molecule is CC=C1C=CC2=C1C(=O)CCN2. The first-order valence-electron chi connectivity index (χ1n) is 4.19. The minimum atomic E-state index is 0.266. The van der Waals surface area contributed by atoms with Gasteiger partial charge in [-0.1, -0.05) is 12.2 Å². The predicted molar refractivity (Wildman–Crippen MR) is 47.5 cm³/mol. The van der Waals surface area contributed by atoms with E-state index >= 15 is 0 Å². The average molecular weight is 161 g/mol. The molecule has 1 aliphatic carbocycles. The second kappa shape index (κ2) is 2.63. The average Bonchev–Trinajstić information content (AvgIpc) is 2.49. The Balaban J connectivity index is 2.47. The van der Waals surface area contributed by atoms with Gasteiger partial charge in [-0.2, -0.15) is 0 Å². The largest absolute Gasteiger partial charge is 0.384 e. The highest BCUT2D eigenvalue weighted by Crippen LogP contribution is 2.26. The van der Waals surface area contributed by atoms with Crippen LogP contribution in [0.4, 0.5) is 0 Å². The highest BCUT2D eigenvalue weighted by atomic mass is 16.1. The Labute approximate surface area is 71.7 Å². The van der Waals surface area contributed by atoms with Crippen molar-refractivity contribution in [3.8, 4) is 0 Å². The molecular formula is C10H11NO. The fourth-order valence-electron chi connectivity index (χ4n) is 1.63. The van der Waals surface area contributed by atoms with Crippen molar-refractivity contribution >= 4 is 5.78 Å². The Morgan fingerprint density at radius 2 is 2.33 bits per heavy atom. The van der Waals surface area contributed by atoms with E-state index in [2.05, 4.69) is 5.32 Å². The first-order valence-corrected chi connectivity index (χ1v) is 4.19. The molecule has 0 fully saturated rings. The van der Waals surface area contributed by atoms with Gasteiger partial charge in [0.05, 0.1) is 0 Å². The molecule has 0 bridgehead atoms. The third-order valence-corrected chi connectivity index (χ3v) is 2.24. The van der Waals surface area contributed by atoms with Crippen molar-refractivity contribution in [1.29, 1.82) is 0 Å². The van der Waals surface area contributed by atoms with E-state index in [0.717, 1.165) is 23.4 Å². The molecule has 0 aromatic carbocycles. The molecule has 0 aromatic heterocycles. The molecule has 1 aliphatic heterocycles. The van der Waals surface area contributed by atoms with Crippen LogP contribution >= 0.6 is 0 Å². The van der Waals surface area contributed by atoms with E-state index in [0.29, 0.717) is 6.42 Å². The van der Waals surface area contributed by atoms with Gasteiger partial charge >= 0.3 is 0 Å². The van der Waals surface area contributed by atoms with Crippen molar-refractivity contribution in [1.82, 2.24) is 5.32 Å². The summed E-state index contributed by atoms with van der Waals surface area (Å²) in [5.74, 6) is 0.266. The topological polar surface area (TPSA) is 29.1 Å². The van der Waals surface area contributed by atoms with E-state index < -0.39 is 0 Å². The third kappa shape index (κ3) is 0.916. The van der Waals surface area contributed by atoms with Gasteiger partial charge in [0.25, 0.3) is 0 Å². The van der Waals surface area contributed by atoms with Crippen LogP contribution in [0, 0.1) is 0 Å². The molecule has 0 radical (unpaired) electrons. The number of ketones is 1. The maximum Gasteiger partial charge on any atom is 0.167 e. The summed E-state index contributed by atoms with van der Waals surface area (Å²) < 4.78 is 0. The lowest BCUT2D eigenvalue weighted by Gasteiger charge is -2.15. The minimum absolute atomic E-state index is 0.266. The maximum absolute atomic E-state index is 11.5. The molecule has 12 heavy (non-hydrogen) atoms. The number of Topliss-reactive ketones (excluding diaryl/α,β-unsaturated/α-hetero) is 1. The van der Waals surface area contributed by atoms with Crippen LogP contribution < -0.4 is 5.32 Å². The standard InChI is InChI=1S/C10H11NO/c1-2-7-3-4-8-10(7)9(12)5-6-11-8/h2-4,11H,5-6H2,1H3. The summed E-state index contributed by atoms with van der Waals surface area (Å²) in [6.45, 7) is 2.73. The quantitative estimate of drug-likeness (QED) is 0.580. The van der Waals surface area contributed by atoms with Gasteiger partial charge in [0, 0.05) is 24.2 Å². The number of carbonyl (C=O) groups excluding carboxylic acids is 1. The first kappa shape index (κ1) is 7.35. The van der Waals surface area contributed by atoms with Crippen molar-refractivity contribution < 1.29 is 4.79 Å². The lowest BCUT2D eigenvalue weighted by Crippen LogP contribution is -2.25. The summed E-state index contributed by atoms with van der Waals surface area (Å²) in [7, 11) is 0. The molecule has 62 valence electrons. The molecular weight excluding hydrogens is 150 g/mol. The summed E-state index contributed by atoms with van der Waals surface area (Å²) in [6.07, 6.45) is 6.56. The van der Waals surface area contributed by atoms with Gasteiger partial charge in [-0.15, -0.1) is 0 Å². The van der Waals surface area contributed by atoms with Gasteiger partial charge in [-0.3, -0.25) is 4.79 Å². The zero-order valence-electron chi connectivity index (χ0n) is 7.05. The van der Waals surface area contributed by atoms with Crippen molar-refractivity contribution in [2.45, 2.75) is 13.3 Å². The van der Waals surface area contributed by atoms with E-state index in [1.54, 1.807) is 0 Å². The van der Waals surface area contributed by atoms with Gasteiger partial charge < -0.3 is 5.32 Å². The maximum atomic E-state index is 11.5. The Morgan fingerprint density at radius 1 is 1.50 bits per heavy atom. The smallest absolute Gasteiger partial charge is 0.167 e. The Bertz CT molecular complexity index is 321. The van der Waals surface area contributed by atoms with Crippen LogP contribution in [0.25, 0.3) is 0 Å². The lowest BCUT2D eigenvalue weighted by atomic mass is 9.99. The molecule has 0 aromatic rings. The Kier molecular flexibility index (Phi) is 1.61. The molecule has 2 nitrogen and oxygen atoms in total. The summed E-state index contributed by atoms with van der Waals surface area (Å²) in [6, 6.07) is 0. The summed E-state index contributed by atoms with van der Waals surface area (Å²) in [5.41, 5.74) is 2.94. The molecule has 0 spiro atoms. The van der Waals surface area contributed by atoms with Crippen LogP contribution in [0.3, 0.4) is 0 Å². The van der Waals surface area contributed by atoms with E-state index in [1.165, 1.54) is 0 Å². The van der Waals surface area contributed by atoms with Crippen LogP contribution in [0.1, 0.15) is 13.3 Å². The molecule has 2 heteroatoms. The first-order chi connectivity index (χ1) is 5.83. The molecule has 2 aliphatic rings. The highest BCUT2D eigenvalue weighted by Gasteiger charge is 2.23. The number of allylic oxidation sites excluding steroid dienone is 5. The highest BCUT2D eigenvalue weighted by molar-refractivity contribution is 6.03.